The maximum atomic E-state index is 12.4. The molecule has 1 amide bonds. The zero-order valence-electron chi connectivity index (χ0n) is 16.1. The highest BCUT2D eigenvalue weighted by atomic mass is 16.5. The summed E-state index contributed by atoms with van der Waals surface area (Å²) >= 11 is 0. The normalized spacial score (nSPS) is 10.4. The van der Waals surface area contributed by atoms with Gasteiger partial charge in [-0.05, 0) is 46.8 Å². The average Bonchev–Trinajstić information content (AvgIpc) is 3.34. The molecular weight excluding hydrogens is 384 g/mol. The second kappa shape index (κ2) is 8.82. The third kappa shape index (κ3) is 4.25. The van der Waals surface area contributed by atoms with E-state index in [1.165, 1.54) is 11.0 Å². The number of benzene rings is 2. The van der Waals surface area contributed by atoms with Crippen molar-refractivity contribution >= 4 is 11.6 Å². The summed E-state index contributed by atoms with van der Waals surface area (Å²) in [6.07, 6.45) is 4.59. The highest BCUT2D eigenvalue weighted by Crippen LogP contribution is 2.28. The molecule has 0 saturated heterocycles. The zero-order valence-corrected chi connectivity index (χ0v) is 16.1. The van der Waals surface area contributed by atoms with Crippen LogP contribution in [0, 0.1) is 0 Å². The van der Waals surface area contributed by atoms with Crippen LogP contribution in [0.4, 0.5) is 5.69 Å². The Kier molecular flexibility index (Phi) is 5.61. The van der Waals surface area contributed by atoms with Gasteiger partial charge in [-0.25, -0.2) is 0 Å². The topological polar surface area (TPSA) is 104 Å². The minimum atomic E-state index is -0.247. The number of para-hydroxylation sites is 1. The van der Waals surface area contributed by atoms with Crippen LogP contribution in [-0.4, -0.2) is 38.2 Å². The van der Waals surface area contributed by atoms with E-state index in [4.69, 9.17) is 9.47 Å². The maximum absolute atomic E-state index is 12.4. The number of pyridine rings is 1. The fourth-order valence-electron chi connectivity index (χ4n) is 2.85. The largest absolute Gasteiger partial charge is 0.496 e. The van der Waals surface area contributed by atoms with Gasteiger partial charge in [0.15, 0.2) is 0 Å². The molecule has 0 saturated carbocycles. The lowest BCUT2D eigenvalue weighted by atomic mass is 10.2. The SMILES string of the molecule is COc1ccccc1COc1ccc(NC(=O)c2ccncc2)cc1-n1cnnn1. The van der Waals surface area contributed by atoms with Crippen LogP contribution in [0.2, 0.25) is 0 Å². The highest BCUT2D eigenvalue weighted by molar-refractivity contribution is 6.04. The molecule has 0 aliphatic rings. The van der Waals surface area contributed by atoms with E-state index in [9.17, 15) is 4.79 Å². The number of nitrogens with zero attached hydrogens (tertiary/aromatic N) is 5. The first-order chi connectivity index (χ1) is 14.7. The van der Waals surface area contributed by atoms with E-state index in [0.29, 0.717) is 29.3 Å². The first kappa shape index (κ1) is 19.1. The Morgan fingerprint density at radius 3 is 2.67 bits per heavy atom. The van der Waals surface area contributed by atoms with Gasteiger partial charge in [0, 0.05) is 29.2 Å². The highest BCUT2D eigenvalue weighted by Gasteiger charge is 2.13. The molecule has 0 unspecified atom stereocenters. The maximum Gasteiger partial charge on any atom is 0.255 e. The summed E-state index contributed by atoms with van der Waals surface area (Å²) < 4.78 is 12.9. The smallest absolute Gasteiger partial charge is 0.255 e. The van der Waals surface area contributed by atoms with E-state index >= 15 is 0 Å². The second-order valence-electron chi connectivity index (χ2n) is 6.23. The molecule has 0 fully saturated rings. The van der Waals surface area contributed by atoms with Gasteiger partial charge in [-0.15, -0.1) is 5.10 Å². The third-order valence-electron chi connectivity index (χ3n) is 4.33. The van der Waals surface area contributed by atoms with Crippen LogP contribution in [0.25, 0.3) is 5.69 Å². The van der Waals surface area contributed by atoms with Gasteiger partial charge in [-0.3, -0.25) is 9.78 Å². The molecule has 0 aliphatic heterocycles. The number of anilines is 1. The van der Waals surface area contributed by atoms with Crippen molar-refractivity contribution in [2.75, 3.05) is 12.4 Å². The average molecular weight is 402 g/mol. The van der Waals surface area contributed by atoms with Gasteiger partial charge in [-0.1, -0.05) is 18.2 Å². The minimum absolute atomic E-state index is 0.247. The van der Waals surface area contributed by atoms with Crippen molar-refractivity contribution in [3.05, 3.63) is 84.4 Å². The minimum Gasteiger partial charge on any atom is -0.496 e. The quantitative estimate of drug-likeness (QED) is 0.507. The molecule has 2 aromatic heterocycles. The Labute approximate surface area is 172 Å². The second-order valence-corrected chi connectivity index (χ2v) is 6.23. The molecule has 150 valence electrons. The van der Waals surface area contributed by atoms with Crippen LogP contribution in [0.3, 0.4) is 0 Å². The fraction of sp³-hybridized carbons (Fsp3) is 0.0952. The molecule has 1 N–H and O–H groups in total. The Morgan fingerprint density at radius 2 is 1.90 bits per heavy atom. The van der Waals surface area contributed by atoms with E-state index in [1.807, 2.05) is 24.3 Å². The molecule has 0 bridgehead atoms. The number of nitrogens with one attached hydrogen (secondary N) is 1. The predicted octanol–water partition coefficient (Wildman–Crippen LogP) is 2.90. The van der Waals surface area contributed by atoms with E-state index in [0.717, 1.165) is 11.3 Å². The number of rotatable bonds is 7. The monoisotopic (exact) mass is 402 g/mol. The van der Waals surface area contributed by atoms with Crippen molar-refractivity contribution in [2.24, 2.45) is 0 Å². The number of carbonyl (C=O) groups is 1. The molecular formula is C21H18N6O3. The number of hydrogen-bond acceptors (Lipinski definition) is 7. The zero-order chi connectivity index (χ0) is 20.8. The number of ether oxygens (including phenoxy) is 2. The van der Waals surface area contributed by atoms with Gasteiger partial charge in [0.2, 0.25) is 0 Å². The molecule has 2 heterocycles. The Balaban J connectivity index is 1.59. The molecule has 4 rings (SSSR count). The van der Waals surface area contributed by atoms with E-state index in [1.54, 1.807) is 49.8 Å². The molecule has 4 aromatic rings. The van der Waals surface area contributed by atoms with Gasteiger partial charge in [0.1, 0.15) is 30.1 Å². The van der Waals surface area contributed by atoms with Crippen molar-refractivity contribution < 1.29 is 14.3 Å². The lowest BCUT2D eigenvalue weighted by molar-refractivity contribution is 0.102. The molecule has 9 nitrogen and oxygen atoms in total. The van der Waals surface area contributed by atoms with Crippen molar-refractivity contribution in [2.45, 2.75) is 6.61 Å². The van der Waals surface area contributed by atoms with Crippen LogP contribution in [-0.2, 0) is 6.61 Å². The van der Waals surface area contributed by atoms with Gasteiger partial charge in [0.05, 0.1) is 7.11 Å². The summed E-state index contributed by atoms with van der Waals surface area (Å²) in [5.41, 5.74) is 2.57. The van der Waals surface area contributed by atoms with Crippen LogP contribution in [0.1, 0.15) is 15.9 Å². The molecule has 9 heteroatoms. The van der Waals surface area contributed by atoms with E-state index in [-0.39, 0.29) is 5.91 Å². The molecule has 0 atom stereocenters. The number of carbonyl (C=O) groups excluding carboxylic acids is 1. The van der Waals surface area contributed by atoms with Crippen molar-refractivity contribution in [1.82, 2.24) is 25.2 Å². The summed E-state index contributed by atoms with van der Waals surface area (Å²) in [6, 6.07) is 16.2. The van der Waals surface area contributed by atoms with Gasteiger partial charge in [0.25, 0.3) is 5.91 Å². The lowest BCUT2D eigenvalue weighted by Gasteiger charge is -2.14. The number of amides is 1. The third-order valence-corrected chi connectivity index (χ3v) is 4.33. The Hall–Kier alpha value is -4.27. The summed E-state index contributed by atoms with van der Waals surface area (Å²) in [7, 11) is 1.62. The molecule has 0 aliphatic carbocycles. The van der Waals surface area contributed by atoms with Crippen LogP contribution in [0.5, 0.6) is 11.5 Å². The van der Waals surface area contributed by atoms with Crippen molar-refractivity contribution in [1.29, 1.82) is 0 Å². The summed E-state index contributed by atoms with van der Waals surface area (Å²) in [5, 5.41) is 14.2. The van der Waals surface area contributed by atoms with Gasteiger partial charge < -0.3 is 14.8 Å². The van der Waals surface area contributed by atoms with Crippen LogP contribution >= 0.6 is 0 Å². The number of hydrogen-bond donors (Lipinski definition) is 1. The first-order valence-corrected chi connectivity index (χ1v) is 9.08. The summed E-state index contributed by atoms with van der Waals surface area (Å²) in [4.78, 5) is 16.4. The fourth-order valence-corrected chi connectivity index (χ4v) is 2.85. The Morgan fingerprint density at radius 1 is 1.07 bits per heavy atom. The lowest BCUT2D eigenvalue weighted by Crippen LogP contribution is -2.12. The van der Waals surface area contributed by atoms with Gasteiger partial charge in [-0.2, -0.15) is 4.68 Å². The number of methoxy groups -OCH3 is 1. The summed E-state index contributed by atoms with van der Waals surface area (Å²) in [6.45, 7) is 0.294. The van der Waals surface area contributed by atoms with E-state index in [2.05, 4.69) is 25.8 Å². The molecule has 30 heavy (non-hydrogen) atoms. The van der Waals surface area contributed by atoms with Crippen molar-refractivity contribution in [3.8, 4) is 17.2 Å². The Bertz CT molecular complexity index is 1130. The first-order valence-electron chi connectivity index (χ1n) is 9.08. The molecule has 2 aromatic carbocycles. The summed E-state index contributed by atoms with van der Waals surface area (Å²) in [5.74, 6) is 1.04. The number of tetrazole rings is 1. The van der Waals surface area contributed by atoms with Crippen molar-refractivity contribution in [3.63, 3.8) is 0 Å². The van der Waals surface area contributed by atoms with Gasteiger partial charge >= 0.3 is 0 Å². The molecule has 0 spiro atoms. The standard InChI is InChI=1S/C21H18N6O3/c1-29-19-5-3-2-4-16(19)13-30-20-7-6-17(12-18(20)27-14-23-25-26-27)24-21(28)15-8-10-22-11-9-15/h2-12,14H,13H2,1H3,(H,24,28). The number of aromatic nitrogens is 5. The molecule has 0 radical (unpaired) electrons. The van der Waals surface area contributed by atoms with E-state index < -0.39 is 0 Å². The van der Waals surface area contributed by atoms with Crippen LogP contribution in [0.15, 0.2) is 73.3 Å². The predicted molar refractivity (Wildman–Crippen MR) is 109 cm³/mol. The van der Waals surface area contributed by atoms with Crippen LogP contribution < -0.4 is 14.8 Å².